The summed E-state index contributed by atoms with van der Waals surface area (Å²) in [5.74, 6) is -2.51. The van der Waals surface area contributed by atoms with Crippen molar-refractivity contribution in [2.45, 2.75) is 0 Å². The van der Waals surface area contributed by atoms with Crippen molar-refractivity contribution in [3.05, 3.63) is 12.2 Å². The maximum absolute atomic E-state index is 9.55. The van der Waals surface area contributed by atoms with Crippen molar-refractivity contribution in [1.82, 2.24) is 0 Å². The van der Waals surface area contributed by atoms with Crippen LogP contribution in [0.2, 0.25) is 0 Å². The summed E-state index contributed by atoms with van der Waals surface area (Å²) in [6, 6.07) is 0. The predicted octanol–water partition coefficient (Wildman–Crippen LogP) is -9.66. The molecule has 12 heavy (non-hydrogen) atoms. The van der Waals surface area contributed by atoms with E-state index in [1.165, 1.54) is 0 Å². The molecule has 2 N–H and O–H groups in total. The standard InChI is InChI=1S/C4H4O4.Al.3ClH/c5-3(6)1-2-4(7)8;;;;/h1-2H,(H,5,6)(H,7,8);;3*1H/q;+3;;;/p-3/b2-1-;;;;. The molecule has 0 aliphatic carbocycles. The van der Waals surface area contributed by atoms with Crippen LogP contribution in [0, 0.1) is 0 Å². The number of hydrogen-bond donors (Lipinski definition) is 2. The second-order valence-electron chi connectivity index (χ2n) is 1.01. The average molecular weight is 249 g/mol. The molecule has 4 nitrogen and oxygen atoms in total. The summed E-state index contributed by atoms with van der Waals surface area (Å²) in [4.78, 5) is 19.1. The van der Waals surface area contributed by atoms with Gasteiger partial charge in [0.25, 0.3) is 0 Å². The normalized spacial score (nSPS) is 6.33. The third kappa shape index (κ3) is 32.2. The second-order valence-corrected chi connectivity index (χ2v) is 1.01. The first-order valence-corrected chi connectivity index (χ1v) is 1.77. The van der Waals surface area contributed by atoms with Crippen LogP contribution >= 0.6 is 0 Å². The fourth-order valence-corrected chi connectivity index (χ4v) is 0.143. The van der Waals surface area contributed by atoms with Crippen LogP contribution in [-0.2, 0) is 9.59 Å². The molecule has 0 saturated heterocycles. The van der Waals surface area contributed by atoms with E-state index in [4.69, 9.17) is 10.2 Å². The number of hydrogen-bond acceptors (Lipinski definition) is 2. The molecular formula is C4H4AlCl3O4. The monoisotopic (exact) mass is 248 g/mol. The average Bonchev–Trinajstić information content (AvgIpc) is 1.61. The Labute approximate surface area is 98.4 Å². The van der Waals surface area contributed by atoms with E-state index in [2.05, 4.69) is 0 Å². The van der Waals surface area contributed by atoms with E-state index in [0.717, 1.165) is 0 Å². The van der Waals surface area contributed by atoms with E-state index in [1.807, 2.05) is 0 Å². The molecule has 0 spiro atoms. The van der Waals surface area contributed by atoms with Crippen LogP contribution in [0.4, 0.5) is 0 Å². The molecular weight excluding hydrogens is 245 g/mol. The molecule has 0 heterocycles. The largest absolute Gasteiger partial charge is 3.00 e. The summed E-state index contributed by atoms with van der Waals surface area (Å²) >= 11 is 0. The zero-order valence-corrected chi connectivity index (χ0v) is 9.00. The van der Waals surface area contributed by atoms with Crippen molar-refractivity contribution in [2.24, 2.45) is 0 Å². The first-order chi connectivity index (χ1) is 3.63. The van der Waals surface area contributed by atoms with Gasteiger partial charge in [-0.05, 0) is 0 Å². The maximum Gasteiger partial charge on any atom is 3.00 e. The molecule has 0 unspecified atom stereocenters. The first-order valence-electron chi connectivity index (χ1n) is 1.77. The van der Waals surface area contributed by atoms with E-state index < -0.39 is 11.9 Å². The summed E-state index contributed by atoms with van der Waals surface area (Å²) in [6.07, 6.45) is 1.12. The predicted molar refractivity (Wildman–Crippen MR) is 30.2 cm³/mol. The molecule has 0 aromatic rings. The summed E-state index contributed by atoms with van der Waals surface area (Å²) in [6.45, 7) is 0. The molecule has 0 aliphatic rings. The fraction of sp³-hybridized carbons (Fsp3) is 0. The van der Waals surface area contributed by atoms with Crippen molar-refractivity contribution in [3.63, 3.8) is 0 Å². The number of carbonyl (C=O) groups is 2. The molecule has 0 aromatic carbocycles. The van der Waals surface area contributed by atoms with Crippen LogP contribution in [0.1, 0.15) is 0 Å². The second kappa shape index (κ2) is 17.2. The maximum atomic E-state index is 9.55. The van der Waals surface area contributed by atoms with Gasteiger partial charge in [0.1, 0.15) is 0 Å². The Hall–Kier alpha value is 0.0825. The Balaban J connectivity index is -0.0000000408. The van der Waals surface area contributed by atoms with Crippen LogP contribution in [-0.4, -0.2) is 39.5 Å². The van der Waals surface area contributed by atoms with Crippen molar-refractivity contribution in [3.8, 4) is 0 Å². The minimum absolute atomic E-state index is 0. The molecule has 0 radical (unpaired) electrons. The summed E-state index contributed by atoms with van der Waals surface area (Å²) in [5, 5.41) is 15.6. The van der Waals surface area contributed by atoms with E-state index in [0.29, 0.717) is 12.2 Å². The number of aliphatic carboxylic acids is 2. The van der Waals surface area contributed by atoms with Gasteiger partial charge in [0, 0.05) is 12.2 Å². The van der Waals surface area contributed by atoms with Crippen molar-refractivity contribution in [1.29, 1.82) is 0 Å². The topological polar surface area (TPSA) is 74.6 Å². The van der Waals surface area contributed by atoms with E-state index in [1.54, 1.807) is 0 Å². The van der Waals surface area contributed by atoms with Crippen LogP contribution in [0.25, 0.3) is 0 Å². The third-order valence-electron chi connectivity index (χ3n) is 0.368. The Kier molecular flexibility index (Phi) is 42.5. The van der Waals surface area contributed by atoms with Gasteiger partial charge < -0.3 is 47.4 Å². The molecule has 0 fully saturated rings. The SMILES string of the molecule is O=C(O)/C=C\C(=O)O.[Al+3].[Cl-].[Cl-].[Cl-]. The Morgan fingerprint density at radius 1 is 0.833 bits per heavy atom. The van der Waals surface area contributed by atoms with Gasteiger partial charge in [0.15, 0.2) is 0 Å². The first kappa shape index (κ1) is 29.6. The van der Waals surface area contributed by atoms with Gasteiger partial charge in [-0.15, -0.1) is 0 Å². The van der Waals surface area contributed by atoms with Gasteiger partial charge in [0.05, 0.1) is 0 Å². The molecule has 68 valence electrons. The van der Waals surface area contributed by atoms with Crippen LogP contribution in [0.3, 0.4) is 0 Å². The van der Waals surface area contributed by atoms with Crippen LogP contribution < -0.4 is 37.2 Å². The minimum atomic E-state index is -1.26. The third-order valence-corrected chi connectivity index (χ3v) is 0.368. The molecule has 0 amide bonds. The molecule has 8 heteroatoms. The molecule has 0 rings (SSSR count). The molecule has 0 aromatic heterocycles. The number of carboxylic acid groups (broad SMARTS) is 2. The molecule has 0 aliphatic heterocycles. The van der Waals surface area contributed by atoms with Crippen LogP contribution in [0.5, 0.6) is 0 Å². The van der Waals surface area contributed by atoms with Crippen LogP contribution in [0.15, 0.2) is 12.2 Å². The van der Waals surface area contributed by atoms with E-state index >= 15 is 0 Å². The smallest absolute Gasteiger partial charge is 1.00 e. The van der Waals surface area contributed by atoms with Crippen molar-refractivity contribution >= 4 is 29.3 Å². The zero-order chi connectivity index (χ0) is 6.57. The van der Waals surface area contributed by atoms with Gasteiger partial charge in [-0.2, -0.15) is 0 Å². The Morgan fingerprint density at radius 2 is 1.00 bits per heavy atom. The number of rotatable bonds is 2. The Bertz CT molecular complexity index is 133. The molecule has 0 saturated carbocycles. The van der Waals surface area contributed by atoms with E-state index in [9.17, 15) is 9.59 Å². The van der Waals surface area contributed by atoms with Gasteiger partial charge in [0.2, 0.25) is 0 Å². The van der Waals surface area contributed by atoms with Gasteiger partial charge in [-0.25, -0.2) is 9.59 Å². The van der Waals surface area contributed by atoms with Crippen molar-refractivity contribution < 1.29 is 57.0 Å². The zero-order valence-electron chi connectivity index (χ0n) is 5.58. The Morgan fingerprint density at radius 3 is 1.08 bits per heavy atom. The summed E-state index contributed by atoms with van der Waals surface area (Å²) in [7, 11) is 0. The van der Waals surface area contributed by atoms with Gasteiger partial charge >= 0.3 is 29.3 Å². The quantitative estimate of drug-likeness (QED) is 0.376. The molecule has 0 bridgehead atoms. The number of halogens is 3. The summed E-state index contributed by atoms with van der Waals surface area (Å²) < 4.78 is 0. The fourth-order valence-electron chi connectivity index (χ4n) is 0.143. The molecule has 0 atom stereocenters. The van der Waals surface area contributed by atoms with E-state index in [-0.39, 0.29) is 54.6 Å². The minimum Gasteiger partial charge on any atom is -1.00 e. The number of carboxylic acids is 2. The van der Waals surface area contributed by atoms with Crippen molar-refractivity contribution in [2.75, 3.05) is 0 Å². The summed E-state index contributed by atoms with van der Waals surface area (Å²) in [5.41, 5.74) is 0. The van der Waals surface area contributed by atoms with Gasteiger partial charge in [-0.1, -0.05) is 0 Å². The van der Waals surface area contributed by atoms with Gasteiger partial charge in [-0.3, -0.25) is 0 Å².